The van der Waals surface area contributed by atoms with E-state index in [-0.39, 0.29) is 34.3 Å². The Morgan fingerprint density at radius 2 is 1.77 bits per heavy atom. The molecule has 1 fully saturated rings. The first kappa shape index (κ1) is 33.3. The molecular formula is C32H23ClF3N3O7S2. The summed E-state index contributed by atoms with van der Waals surface area (Å²) >= 11 is 8.30. The largest absolute Gasteiger partial charge is 0.483 e. The van der Waals surface area contributed by atoms with Crippen LogP contribution in [-0.2, 0) is 25.3 Å². The zero-order chi connectivity index (χ0) is 34.3. The van der Waals surface area contributed by atoms with Gasteiger partial charge in [0, 0.05) is 27.1 Å². The number of hydrogen-bond acceptors (Lipinski definition) is 9. The van der Waals surface area contributed by atoms with Gasteiger partial charge in [-0.3, -0.25) is 19.2 Å². The number of anilines is 2. The van der Waals surface area contributed by atoms with Gasteiger partial charge in [-0.25, -0.2) is 9.69 Å². The smallest absolute Gasteiger partial charge is 0.416 e. The van der Waals surface area contributed by atoms with E-state index in [1.807, 2.05) is 0 Å². The van der Waals surface area contributed by atoms with Gasteiger partial charge in [0.1, 0.15) is 11.0 Å². The molecule has 1 aromatic heterocycles. The van der Waals surface area contributed by atoms with E-state index in [1.54, 1.807) is 6.92 Å². The van der Waals surface area contributed by atoms with Crippen molar-refractivity contribution in [2.75, 3.05) is 23.4 Å². The molecule has 3 heterocycles. The third-order valence-corrected chi connectivity index (χ3v) is 10.2. The van der Waals surface area contributed by atoms with Crippen molar-refractivity contribution in [3.63, 3.8) is 0 Å². The fraction of sp³-hybridized carbons (Fsp3) is 0.219. The third-order valence-electron chi connectivity index (χ3n) is 7.60. The van der Waals surface area contributed by atoms with Crippen LogP contribution in [0.25, 0.3) is 0 Å². The molecule has 2 N–H and O–H groups in total. The molecule has 3 aromatic carbocycles. The molecule has 2 aliphatic heterocycles. The lowest BCUT2D eigenvalue weighted by Gasteiger charge is -2.31. The second-order valence-electron chi connectivity index (χ2n) is 10.6. The van der Waals surface area contributed by atoms with Crippen LogP contribution in [0.4, 0.5) is 24.5 Å². The van der Waals surface area contributed by atoms with Gasteiger partial charge in [0.2, 0.25) is 11.8 Å². The highest BCUT2D eigenvalue weighted by Crippen LogP contribution is 2.54. The molecule has 2 unspecified atom stereocenters. The monoisotopic (exact) mass is 717 g/mol. The Morgan fingerprint density at radius 3 is 2.48 bits per heavy atom. The lowest BCUT2D eigenvalue weighted by atomic mass is 9.82. The van der Waals surface area contributed by atoms with Crippen LogP contribution >= 0.6 is 34.7 Å². The number of carbonyl (C=O) groups excluding carboxylic acids is 4. The van der Waals surface area contributed by atoms with E-state index in [1.165, 1.54) is 48.5 Å². The summed E-state index contributed by atoms with van der Waals surface area (Å²) in [6, 6.07) is 14.4. The zero-order valence-electron chi connectivity index (χ0n) is 24.6. The number of amides is 3. The molecule has 0 saturated carbocycles. The normalized spacial score (nSPS) is 18.7. The van der Waals surface area contributed by atoms with Crippen molar-refractivity contribution in [2.24, 2.45) is 5.92 Å². The maximum absolute atomic E-state index is 14.1. The molecule has 16 heteroatoms. The maximum Gasteiger partial charge on any atom is 0.416 e. The summed E-state index contributed by atoms with van der Waals surface area (Å²) in [6.07, 6.45) is -4.60. The number of fused-ring (bicyclic) bond motifs is 2. The van der Waals surface area contributed by atoms with E-state index in [0.717, 1.165) is 46.2 Å². The Labute approximate surface area is 283 Å². The van der Waals surface area contributed by atoms with Gasteiger partial charge < -0.3 is 19.8 Å². The number of thioether (sulfide) groups is 1. The number of H-pyrrole nitrogens is 1. The van der Waals surface area contributed by atoms with Gasteiger partial charge in [-0.15, -0.1) is 0 Å². The number of alkyl halides is 3. The van der Waals surface area contributed by atoms with Gasteiger partial charge in [0.05, 0.1) is 34.4 Å². The number of esters is 1. The molecule has 0 radical (unpaired) electrons. The average molecular weight is 718 g/mol. The fourth-order valence-corrected chi connectivity index (χ4v) is 8.26. The van der Waals surface area contributed by atoms with Gasteiger partial charge in [-0.1, -0.05) is 40.8 Å². The first-order valence-electron chi connectivity index (χ1n) is 14.3. The Balaban J connectivity index is 1.31. The lowest BCUT2D eigenvalue weighted by Crippen LogP contribution is -2.32. The van der Waals surface area contributed by atoms with Crippen LogP contribution in [0.3, 0.4) is 0 Å². The van der Waals surface area contributed by atoms with E-state index < -0.39 is 64.0 Å². The van der Waals surface area contributed by atoms with Gasteiger partial charge in [0.15, 0.2) is 6.61 Å². The predicted octanol–water partition coefficient (Wildman–Crippen LogP) is 6.10. The quantitative estimate of drug-likeness (QED) is 0.165. The first-order chi connectivity index (χ1) is 22.8. The number of thiazole rings is 1. The summed E-state index contributed by atoms with van der Waals surface area (Å²) in [5, 5.41) is 2.05. The molecule has 248 valence electrons. The lowest BCUT2D eigenvalue weighted by molar-refractivity contribution is -0.137. The van der Waals surface area contributed by atoms with Crippen LogP contribution in [0.5, 0.6) is 5.75 Å². The van der Waals surface area contributed by atoms with Crippen LogP contribution in [0.2, 0.25) is 5.02 Å². The summed E-state index contributed by atoms with van der Waals surface area (Å²) in [4.78, 5) is 69.2. The molecule has 0 aliphatic carbocycles. The topological polar surface area (TPSA) is 135 Å². The number of aromatic amines is 1. The first-order valence-corrected chi connectivity index (χ1v) is 16.4. The van der Waals surface area contributed by atoms with E-state index in [4.69, 9.17) is 21.1 Å². The number of ether oxygens (including phenoxy) is 2. The fourth-order valence-electron chi connectivity index (χ4n) is 5.58. The van der Waals surface area contributed by atoms with E-state index >= 15 is 0 Å². The van der Waals surface area contributed by atoms with E-state index in [2.05, 4.69) is 10.3 Å². The minimum atomic E-state index is -4.60. The Hall–Kier alpha value is -4.60. The van der Waals surface area contributed by atoms with E-state index in [0.29, 0.717) is 15.5 Å². The SMILES string of the molecule is CCOC(=O)c1ccc(N2C(=O)C3Sc4[nH]c(=O)sc4[C@H](c4cc(Cl)ccc4OCC(=O)Nc4cccc(C(F)(F)F)c4)C3C2=O)cc1. The summed E-state index contributed by atoms with van der Waals surface area (Å²) in [7, 11) is 0. The molecule has 0 spiro atoms. The zero-order valence-corrected chi connectivity index (χ0v) is 27.0. The standard InChI is InChI=1S/C32H23ClF3N3O7S2/c1-2-45-30(43)15-6-9-19(10-7-15)39-28(41)24-23(25-27(38-31(44)48-25)47-26(24)29(39)42)20-13-17(33)8-11-21(20)46-14-22(40)37-18-5-3-4-16(12-18)32(34,35)36/h3-13,23-24,26H,2,14H2,1H3,(H,37,40)(H,38,44)/t23-,24?,26?/m1/s1. The second-order valence-corrected chi connectivity index (χ2v) is 13.2. The van der Waals surface area contributed by atoms with Crippen molar-refractivity contribution < 1.29 is 41.8 Å². The minimum absolute atomic E-state index is 0.0888. The van der Waals surface area contributed by atoms with Crippen molar-refractivity contribution >= 4 is 69.8 Å². The predicted molar refractivity (Wildman–Crippen MR) is 172 cm³/mol. The van der Waals surface area contributed by atoms with Crippen LogP contribution < -0.4 is 19.8 Å². The Morgan fingerprint density at radius 1 is 1.02 bits per heavy atom. The summed E-state index contributed by atoms with van der Waals surface area (Å²) in [6.45, 7) is 1.22. The molecule has 10 nitrogen and oxygen atoms in total. The average Bonchev–Trinajstić information content (AvgIpc) is 3.54. The number of halogens is 4. The van der Waals surface area contributed by atoms with Crippen molar-refractivity contribution in [2.45, 2.75) is 29.3 Å². The van der Waals surface area contributed by atoms with Crippen LogP contribution in [0, 0.1) is 5.92 Å². The molecule has 3 amide bonds. The molecule has 6 rings (SSSR count). The highest BCUT2D eigenvalue weighted by Gasteiger charge is 2.57. The van der Waals surface area contributed by atoms with Gasteiger partial charge in [-0.05, 0) is 67.6 Å². The van der Waals surface area contributed by atoms with Crippen LogP contribution in [0.1, 0.15) is 39.2 Å². The Kier molecular flexibility index (Phi) is 9.11. The number of nitrogens with zero attached hydrogens (tertiary/aromatic N) is 1. The highest BCUT2D eigenvalue weighted by atomic mass is 35.5. The number of rotatable bonds is 8. The molecule has 48 heavy (non-hydrogen) atoms. The minimum Gasteiger partial charge on any atom is -0.483 e. The van der Waals surface area contributed by atoms with E-state index in [9.17, 15) is 37.1 Å². The number of carbonyl (C=O) groups is 4. The third kappa shape index (κ3) is 6.44. The number of hydrogen-bond donors (Lipinski definition) is 2. The van der Waals surface area contributed by atoms with Crippen LogP contribution in [-0.4, -0.2) is 47.1 Å². The number of aromatic nitrogens is 1. The van der Waals surface area contributed by atoms with Crippen molar-refractivity contribution in [3.8, 4) is 5.75 Å². The maximum atomic E-state index is 14.1. The molecule has 1 saturated heterocycles. The molecule has 2 aliphatic rings. The molecule has 3 atom stereocenters. The van der Waals surface area contributed by atoms with Crippen LogP contribution in [0.15, 0.2) is 76.6 Å². The summed E-state index contributed by atoms with van der Waals surface area (Å²) in [5.41, 5.74) is -0.234. The van der Waals surface area contributed by atoms with Gasteiger partial charge >= 0.3 is 17.0 Å². The number of imide groups is 1. The number of benzene rings is 3. The second kappa shape index (κ2) is 13.1. The summed E-state index contributed by atoms with van der Waals surface area (Å²) < 4.78 is 50.3. The summed E-state index contributed by atoms with van der Waals surface area (Å²) in [5.74, 6) is -4.24. The van der Waals surface area contributed by atoms with Crippen molar-refractivity contribution in [1.82, 2.24) is 4.98 Å². The van der Waals surface area contributed by atoms with Crippen molar-refractivity contribution in [3.05, 3.63) is 103 Å². The number of nitrogens with one attached hydrogen (secondary N) is 2. The van der Waals surface area contributed by atoms with Gasteiger partial charge in [-0.2, -0.15) is 13.2 Å². The van der Waals surface area contributed by atoms with Crippen molar-refractivity contribution in [1.29, 1.82) is 0 Å². The van der Waals surface area contributed by atoms with Gasteiger partial charge in [0.25, 0.3) is 5.91 Å². The Bertz CT molecular complexity index is 2000. The molecular weight excluding hydrogens is 695 g/mol. The highest BCUT2D eigenvalue weighted by molar-refractivity contribution is 8.00. The molecule has 0 bridgehead atoms. The molecule has 4 aromatic rings.